The van der Waals surface area contributed by atoms with Crippen LogP contribution in [0.15, 0.2) is 47.3 Å². The quantitative estimate of drug-likeness (QED) is 0.415. The number of benzene rings is 2. The molecule has 0 amide bonds. The van der Waals surface area contributed by atoms with Gasteiger partial charge in [-0.1, -0.05) is 30.9 Å². The van der Waals surface area contributed by atoms with Gasteiger partial charge in [0.25, 0.3) is 5.56 Å². The molecule has 2 aromatic carbocycles. The largest absolute Gasteiger partial charge is 0.369 e. The Hall–Kier alpha value is -3.59. The summed E-state index contributed by atoms with van der Waals surface area (Å²) in [6, 6.07) is 12.8. The maximum atomic E-state index is 13.6. The number of fused-ring (bicyclic) bond motifs is 1. The van der Waals surface area contributed by atoms with Gasteiger partial charge in [-0.25, -0.2) is 9.07 Å². The van der Waals surface area contributed by atoms with Crippen molar-refractivity contribution >= 4 is 16.6 Å². The van der Waals surface area contributed by atoms with Gasteiger partial charge in [0.1, 0.15) is 11.9 Å². The minimum Gasteiger partial charge on any atom is -0.369 e. The molecule has 0 radical (unpaired) electrons. The normalized spacial score (nSPS) is 18.2. The molecule has 1 N–H and O–H groups in total. The Kier molecular flexibility index (Phi) is 6.69. The van der Waals surface area contributed by atoms with Gasteiger partial charge in [0, 0.05) is 37.4 Å². The lowest BCUT2D eigenvalue weighted by molar-refractivity contribution is 0.192. The number of hydrogen-bond acceptors (Lipinski definition) is 6. The number of tetrazole rings is 1. The standard InChI is InChI=1S/C29H34FN7O/c1-19-16-20(2)26-21(17-19)18-25(29(38)31-26)27(28-32-33-34-37(28)24-6-4-3-5-7-24)36-14-12-35(13-15-36)23-10-8-22(30)9-11-23/h8-11,16-18,24,27H,3-7,12-15H2,1-2H3,(H,31,38)/t27-/m0/s1. The number of halogens is 1. The summed E-state index contributed by atoms with van der Waals surface area (Å²) in [5, 5.41) is 14.1. The molecule has 1 atom stereocenters. The van der Waals surface area contributed by atoms with Gasteiger partial charge in [0.05, 0.1) is 11.6 Å². The highest BCUT2D eigenvalue weighted by molar-refractivity contribution is 5.83. The first-order valence-electron chi connectivity index (χ1n) is 13.6. The van der Waals surface area contributed by atoms with E-state index >= 15 is 0 Å². The predicted molar refractivity (Wildman–Crippen MR) is 146 cm³/mol. The Morgan fingerprint density at radius 3 is 2.45 bits per heavy atom. The van der Waals surface area contributed by atoms with E-state index in [0.717, 1.165) is 72.6 Å². The molecule has 1 saturated heterocycles. The third kappa shape index (κ3) is 4.71. The topological polar surface area (TPSA) is 82.9 Å². The average Bonchev–Trinajstić information content (AvgIpc) is 3.40. The van der Waals surface area contributed by atoms with Crippen molar-refractivity contribution in [1.29, 1.82) is 0 Å². The van der Waals surface area contributed by atoms with Gasteiger partial charge in [-0.15, -0.1) is 5.10 Å². The van der Waals surface area contributed by atoms with Crippen LogP contribution in [0.5, 0.6) is 0 Å². The molecule has 3 heterocycles. The van der Waals surface area contributed by atoms with Gasteiger partial charge in [-0.2, -0.15) is 0 Å². The van der Waals surface area contributed by atoms with E-state index in [2.05, 4.69) is 49.4 Å². The number of anilines is 1. The van der Waals surface area contributed by atoms with E-state index < -0.39 is 0 Å². The lowest BCUT2D eigenvalue weighted by Gasteiger charge is -2.40. The number of nitrogens with zero attached hydrogens (tertiary/aromatic N) is 6. The number of pyridine rings is 1. The first-order chi connectivity index (χ1) is 18.5. The second-order valence-electron chi connectivity index (χ2n) is 10.8. The molecule has 1 aliphatic carbocycles. The predicted octanol–water partition coefficient (Wildman–Crippen LogP) is 4.69. The van der Waals surface area contributed by atoms with E-state index in [9.17, 15) is 9.18 Å². The fourth-order valence-corrected chi connectivity index (χ4v) is 6.26. The minimum atomic E-state index is -0.365. The van der Waals surface area contributed by atoms with Crippen molar-refractivity contribution in [2.75, 3.05) is 31.1 Å². The van der Waals surface area contributed by atoms with Crippen LogP contribution in [0.4, 0.5) is 10.1 Å². The van der Waals surface area contributed by atoms with Crippen LogP contribution in [0.25, 0.3) is 10.9 Å². The number of nitrogens with one attached hydrogen (secondary N) is 1. The maximum Gasteiger partial charge on any atom is 0.253 e. The number of piperazine rings is 1. The van der Waals surface area contributed by atoms with Gasteiger partial charge in [0.2, 0.25) is 0 Å². The van der Waals surface area contributed by atoms with Crippen LogP contribution in [0, 0.1) is 19.7 Å². The van der Waals surface area contributed by atoms with Crippen molar-refractivity contribution in [1.82, 2.24) is 30.1 Å². The van der Waals surface area contributed by atoms with Crippen LogP contribution in [0.2, 0.25) is 0 Å². The van der Waals surface area contributed by atoms with Gasteiger partial charge < -0.3 is 9.88 Å². The van der Waals surface area contributed by atoms with Gasteiger partial charge in [-0.3, -0.25) is 9.69 Å². The molecule has 198 valence electrons. The lowest BCUT2D eigenvalue weighted by atomic mass is 9.95. The molecular formula is C29H34FN7O. The van der Waals surface area contributed by atoms with Crippen LogP contribution in [-0.2, 0) is 0 Å². The number of aromatic amines is 1. The number of hydrogen-bond donors (Lipinski definition) is 1. The summed E-state index contributed by atoms with van der Waals surface area (Å²) < 4.78 is 15.5. The summed E-state index contributed by atoms with van der Waals surface area (Å²) in [5.74, 6) is 0.504. The molecule has 8 nitrogen and oxygen atoms in total. The molecule has 1 aliphatic heterocycles. The van der Waals surface area contributed by atoms with Crippen LogP contribution in [0.1, 0.15) is 66.7 Å². The van der Waals surface area contributed by atoms with E-state index in [-0.39, 0.29) is 23.5 Å². The third-order valence-electron chi connectivity index (χ3n) is 8.17. The summed E-state index contributed by atoms with van der Waals surface area (Å²) >= 11 is 0. The molecule has 2 aromatic heterocycles. The van der Waals surface area contributed by atoms with Crippen molar-refractivity contribution in [3.8, 4) is 0 Å². The van der Waals surface area contributed by atoms with E-state index in [1.165, 1.54) is 31.4 Å². The SMILES string of the molecule is Cc1cc(C)c2[nH]c(=O)c([C@@H](c3nnnn3C3CCCCC3)N3CCN(c4ccc(F)cc4)CC3)cc2c1. The van der Waals surface area contributed by atoms with Crippen molar-refractivity contribution in [2.24, 2.45) is 0 Å². The fraction of sp³-hybridized carbons (Fsp3) is 0.448. The zero-order chi connectivity index (χ0) is 26.2. The van der Waals surface area contributed by atoms with Crippen LogP contribution < -0.4 is 10.5 Å². The third-order valence-corrected chi connectivity index (χ3v) is 8.17. The Bertz CT molecular complexity index is 1480. The Balaban J connectivity index is 1.40. The van der Waals surface area contributed by atoms with Crippen molar-refractivity contribution < 1.29 is 4.39 Å². The van der Waals surface area contributed by atoms with Crippen LogP contribution in [-0.4, -0.2) is 56.3 Å². The highest BCUT2D eigenvalue weighted by Crippen LogP contribution is 2.34. The number of rotatable bonds is 5. The zero-order valence-corrected chi connectivity index (χ0v) is 22.0. The first-order valence-corrected chi connectivity index (χ1v) is 13.6. The lowest BCUT2D eigenvalue weighted by Crippen LogP contribution is -2.49. The minimum absolute atomic E-state index is 0.103. The van der Waals surface area contributed by atoms with Crippen molar-refractivity contribution in [3.05, 3.63) is 81.2 Å². The first kappa shape index (κ1) is 24.7. The molecule has 2 aliphatic rings. The van der Waals surface area contributed by atoms with Crippen LogP contribution >= 0.6 is 0 Å². The van der Waals surface area contributed by atoms with Crippen LogP contribution in [0.3, 0.4) is 0 Å². The smallest absolute Gasteiger partial charge is 0.253 e. The van der Waals surface area contributed by atoms with Crippen molar-refractivity contribution in [3.63, 3.8) is 0 Å². The molecule has 38 heavy (non-hydrogen) atoms. The van der Waals surface area contributed by atoms with Gasteiger partial charge in [-0.05, 0) is 84.5 Å². The zero-order valence-electron chi connectivity index (χ0n) is 22.0. The molecule has 2 fully saturated rings. The number of aromatic nitrogens is 5. The Labute approximate surface area is 221 Å². The molecular weight excluding hydrogens is 481 g/mol. The Morgan fingerprint density at radius 2 is 1.71 bits per heavy atom. The second-order valence-corrected chi connectivity index (χ2v) is 10.8. The van der Waals surface area contributed by atoms with Crippen molar-refractivity contribution in [2.45, 2.75) is 58.0 Å². The summed E-state index contributed by atoms with van der Waals surface area (Å²) in [4.78, 5) is 21.4. The summed E-state index contributed by atoms with van der Waals surface area (Å²) in [5.41, 5.74) is 4.66. The monoisotopic (exact) mass is 515 g/mol. The summed E-state index contributed by atoms with van der Waals surface area (Å²) in [7, 11) is 0. The highest BCUT2D eigenvalue weighted by Gasteiger charge is 2.34. The summed E-state index contributed by atoms with van der Waals surface area (Å²) in [6.45, 7) is 7.08. The second kappa shape index (κ2) is 10.3. The molecule has 0 spiro atoms. The summed E-state index contributed by atoms with van der Waals surface area (Å²) in [6.07, 6.45) is 5.68. The van der Waals surface area contributed by atoms with E-state index in [4.69, 9.17) is 0 Å². The molecule has 1 saturated carbocycles. The van der Waals surface area contributed by atoms with E-state index in [1.807, 2.05) is 29.8 Å². The average molecular weight is 516 g/mol. The molecule has 0 bridgehead atoms. The molecule has 0 unspecified atom stereocenters. The van der Waals surface area contributed by atoms with Gasteiger partial charge in [0.15, 0.2) is 5.82 Å². The van der Waals surface area contributed by atoms with Gasteiger partial charge >= 0.3 is 0 Å². The van der Waals surface area contributed by atoms with E-state index in [0.29, 0.717) is 5.56 Å². The fourth-order valence-electron chi connectivity index (χ4n) is 6.26. The highest BCUT2D eigenvalue weighted by atomic mass is 19.1. The maximum absolute atomic E-state index is 13.6. The molecule has 9 heteroatoms. The number of aryl methyl sites for hydroxylation is 2. The molecule has 4 aromatic rings. The molecule has 6 rings (SSSR count). The van der Waals surface area contributed by atoms with E-state index in [1.54, 1.807) is 0 Å². The Morgan fingerprint density at radius 1 is 0.974 bits per heavy atom. The number of H-pyrrole nitrogens is 1.